The largest absolute Gasteiger partial charge is 0.505 e. The standard InChI is InChI=1S/C15H12N2O4/c1-9-12(14(18)11(8-16)15(19)20-2)13(17-21-9)10-6-4-3-5-7-10/h3-7,18H,1-2H3/b14-11-. The number of hydrogen-bond donors (Lipinski definition) is 1. The summed E-state index contributed by atoms with van der Waals surface area (Å²) in [7, 11) is 1.13. The van der Waals surface area contributed by atoms with E-state index < -0.39 is 17.3 Å². The lowest BCUT2D eigenvalue weighted by Crippen LogP contribution is -2.06. The first-order chi connectivity index (χ1) is 10.1. The molecule has 0 unspecified atom stereocenters. The number of carbonyl (C=O) groups excluding carboxylic acids is 1. The van der Waals surface area contributed by atoms with Crippen LogP contribution in [-0.2, 0) is 9.53 Å². The molecule has 0 aliphatic rings. The van der Waals surface area contributed by atoms with Gasteiger partial charge in [0.05, 0.1) is 12.7 Å². The van der Waals surface area contributed by atoms with Crippen LogP contribution in [0.15, 0.2) is 40.4 Å². The van der Waals surface area contributed by atoms with Gasteiger partial charge in [-0.2, -0.15) is 5.26 Å². The number of hydrogen-bond acceptors (Lipinski definition) is 6. The summed E-state index contributed by atoms with van der Waals surface area (Å²) in [5, 5.41) is 23.2. The zero-order chi connectivity index (χ0) is 15.4. The normalized spacial score (nSPS) is 11.5. The maximum Gasteiger partial charge on any atom is 0.352 e. The first kappa shape index (κ1) is 14.3. The van der Waals surface area contributed by atoms with Crippen LogP contribution in [0.25, 0.3) is 17.0 Å². The average Bonchev–Trinajstić information content (AvgIpc) is 2.90. The average molecular weight is 284 g/mol. The number of carbonyl (C=O) groups is 1. The van der Waals surface area contributed by atoms with E-state index in [1.54, 1.807) is 37.3 Å². The van der Waals surface area contributed by atoms with Crippen molar-refractivity contribution in [2.24, 2.45) is 0 Å². The molecule has 0 bridgehead atoms. The summed E-state index contributed by atoms with van der Waals surface area (Å²) in [5.74, 6) is -1.14. The van der Waals surface area contributed by atoms with E-state index in [4.69, 9.17) is 9.78 Å². The Labute approximate surface area is 120 Å². The molecular weight excluding hydrogens is 272 g/mol. The van der Waals surface area contributed by atoms with Crippen molar-refractivity contribution in [2.45, 2.75) is 6.92 Å². The second kappa shape index (κ2) is 5.92. The molecule has 1 N–H and O–H groups in total. The minimum atomic E-state index is -0.922. The number of aliphatic hydroxyl groups is 1. The van der Waals surface area contributed by atoms with E-state index in [0.717, 1.165) is 7.11 Å². The van der Waals surface area contributed by atoms with Crippen LogP contribution in [0.2, 0.25) is 0 Å². The Kier molecular flexibility index (Phi) is 4.05. The number of ether oxygens (including phenoxy) is 1. The van der Waals surface area contributed by atoms with Crippen LogP contribution in [0.5, 0.6) is 0 Å². The summed E-state index contributed by atoms with van der Waals surface area (Å²) in [4.78, 5) is 11.5. The van der Waals surface area contributed by atoms with Crippen molar-refractivity contribution in [1.82, 2.24) is 5.16 Å². The van der Waals surface area contributed by atoms with E-state index in [2.05, 4.69) is 9.89 Å². The van der Waals surface area contributed by atoms with Gasteiger partial charge in [-0.15, -0.1) is 0 Å². The molecule has 21 heavy (non-hydrogen) atoms. The Morgan fingerprint density at radius 1 is 1.38 bits per heavy atom. The van der Waals surface area contributed by atoms with Gasteiger partial charge in [0.25, 0.3) is 0 Å². The van der Waals surface area contributed by atoms with Crippen LogP contribution < -0.4 is 0 Å². The van der Waals surface area contributed by atoms with E-state index >= 15 is 0 Å². The monoisotopic (exact) mass is 284 g/mol. The summed E-state index contributed by atoms with van der Waals surface area (Å²) >= 11 is 0. The molecule has 0 aliphatic carbocycles. The lowest BCUT2D eigenvalue weighted by molar-refractivity contribution is -0.135. The van der Waals surface area contributed by atoms with E-state index in [1.807, 2.05) is 6.07 Å². The van der Waals surface area contributed by atoms with Crippen LogP contribution >= 0.6 is 0 Å². The van der Waals surface area contributed by atoms with E-state index in [0.29, 0.717) is 17.0 Å². The fourth-order valence-corrected chi connectivity index (χ4v) is 1.87. The number of aromatic nitrogens is 1. The molecule has 1 aromatic carbocycles. The van der Waals surface area contributed by atoms with E-state index in [1.165, 1.54) is 0 Å². The Morgan fingerprint density at radius 2 is 2.05 bits per heavy atom. The summed E-state index contributed by atoms with van der Waals surface area (Å²) in [6, 6.07) is 10.6. The van der Waals surface area contributed by atoms with Gasteiger partial charge in [-0.25, -0.2) is 4.79 Å². The van der Waals surface area contributed by atoms with Crippen molar-refractivity contribution >= 4 is 11.7 Å². The van der Waals surface area contributed by atoms with Crippen molar-refractivity contribution in [1.29, 1.82) is 5.26 Å². The van der Waals surface area contributed by atoms with Gasteiger partial charge >= 0.3 is 5.97 Å². The molecule has 106 valence electrons. The van der Waals surface area contributed by atoms with Crippen LogP contribution in [0.1, 0.15) is 11.3 Å². The maximum absolute atomic E-state index is 11.5. The quantitative estimate of drug-likeness (QED) is 0.403. The fourth-order valence-electron chi connectivity index (χ4n) is 1.87. The molecule has 0 fully saturated rings. The number of methoxy groups -OCH3 is 1. The fraction of sp³-hybridized carbons (Fsp3) is 0.133. The highest BCUT2D eigenvalue weighted by Crippen LogP contribution is 2.31. The van der Waals surface area contributed by atoms with Gasteiger partial charge in [-0.05, 0) is 6.92 Å². The Balaban J connectivity index is 2.65. The highest BCUT2D eigenvalue weighted by Gasteiger charge is 2.24. The molecule has 1 heterocycles. The second-order valence-electron chi connectivity index (χ2n) is 4.16. The van der Waals surface area contributed by atoms with Crippen molar-refractivity contribution in [2.75, 3.05) is 7.11 Å². The maximum atomic E-state index is 11.5. The molecule has 0 spiro atoms. The molecule has 0 atom stereocenters. The molecule has 6 heteroatoms. The van der Waals surface area contributed by atoms with Crippen molar-refractivity contribution in [3.05, 3.63) is 47.2 Å². The third kappa shape index (κ3) is 2.62. The highest BCUT2D eigenvalue weighted by molar-refractivity contribution is 6.01. The molecule has 0 saturated carbocycles. The molecule has 1 aromatic heterocycles. The number of rotatable bonds is 3. The number of aliphatic hydroxyl groups excluding tert-OH is 1. The number of aryl methyl sites for hydroxylation is 1. The molecule has 0 radical (unpaired) electrons. The van der Waals surface area contributed by atoms with Crippen molar-refractivity contribution in [3.8, 4) is 17.3 Å². The summed E-state index contributed by atoms with van der Waals surface area (Å²) in [6.45, 7) is 1.58. The number of esters is 1. The van der Waals surface area contributed by atoms with Gasteiger partial charge in [-0.1, -0.05) is 35.5 Å². The van der Waals surface area contributed by atoms with Gasteiger partial charge in [0.15, 0.2) is 11.3 Å². The minimum Gasteiger partial charge on any atom is -0.505 e. The third-order valence-corrected chi connectivity index (χ3v) is 2.88. The third-order valence-electron chi connectivity index (χ3n) is 2.88. The lowest BCUT2D eigenvalue weighted by atomic mass is 10.0. The van der Waals surface area contributed by atoms with Gasteiger partial charge in [0.1, 0.15) is 17.5 Å². The second-order valence-corrected chi connectivity index (χ2v) is 4.16. The van der Waals surface area contributed by atoms with Crippen LogP contribution in [0, 0.1) is 18.3 Å². The van der Waals surface area contributed by atoms with Crippen molar-refractivity contribution in [3.63, 3.8) is 0 Å². The Hall–Kier alpha value is -3.07. The van der Waals surface area contributed by atoms with Gasteiger partial charge in [-0.3, -0.25) is 0 Å². The van der Waals surface area contributed by atoms with Crippen LogP contribution in [0.4, 0.5) is 0 Å². The van der Waals surface area contributed by atoms with Crippen LogP contribution in [0.3, 0.4) is 0 Å². The number of nitrogens with zero attached hydrogens (tertiary/aromatic N) is 2. The van der Waals surface area contributed by atoms with Crippen LogP contribution in [-0.4, -0.2) is 23.3 Å². The first-order valence-electron chi connectivity index (χ1n) is 6.03. The summed E-state index contributed by atoms with van der Waals surface area (Å²) in [5.41, 5.74) is 0.740. The van der Waals surface area contributed by atoms with Gasteiger partial charge in [0.2, 0.25) is 0 Å². The lowest BCUT2D eigenvalue weighted by Gasteiger charge is -2.04. The Bertz CT molecular complexity index is 739. The molecular formula is C15H12N2O4. The molecule has 6 nitrogen and oxygen atoms in total. The Morgan fingerprint density at radius 3 is 2.62 bits per heavy atom. The zero-order valence-electron chi connectivity index (χ0n) is 11.5. The molecule has 0 aliphatic heterocycles. The number of nitriles is 1. The topological polar surface area (TPSA) is 96.4 Å². The smallest absolute Gasteiger partial charge is 0.352 e. The summed E-state index contributed by atoms with van der Waals surface area (Å²) in [6.07, 6.45) is 0. The molecule has 2 rings (SSSR count). The highest BCUT2D eigenvalue weighted by atomic mass is 16.5. The van der Waals surface area contributed by atoms with Crippen molar-refractivity contribution < 1.29 is 19.2 Å². The van der Waals surface area contributed by atoms with E-state index in [9.17, 15) is 9.90 Å². The van der Waals surface area contributed by atoms with Gasteiger partial charge in [0, 0.05) is 5.56 Å². The van der Waals surface area contributed by atoms with Gasteiger partial charge < -0.3 is 14.4 Å². The predicted molar refractivity (Wildman–Crippen MR) is 73.9 cm³/mol. The number of benzene rings is 1. The summed E-state index contributed by atoms with van der Waals surface area (Å²) < 4.78 is 9.55. The molecule has 0 amide bonds. The first-order valence-corrected chi connectivity index (χ1v) is 6.03. The zero-order valence-corrected chi connectivity index (χ0v) is 11.5. The minimum absolute atomic E-state index is 0.197. The van der Waals surface area contributed by atoms with E-state index in [-0.39, 0.29) is 5.56 Å². The predicted octanol–water partition coefficient (Wildman–Crippen LogP) is 2.62. The molecule has 2 aromatic rings. The molecule has 0 saturated heterocycles. The SMILES string of the molecule is COC(=O)/C(C#N)=C(\O)c1c(-c2ccccc2)noc1C.